The molecule has 8 heteroatoms. The zero-order chi connectivity index (χ0) is 22.8. The minimum Gasteiger partial charge on any atom is -0.444 e. The highest BCUT2D eigenvalue weighted by molar-refractivity contribution is 6.62. The molecule has 0 unspecified atom stereocenters. The number of nitrogens with zero attached hydrogens (tertiary/aromatic N) is 2. The van der Waals surface area contributed by atoms with Crippen LogP contribution >= 0.6 is 0 Å². The minimum atomic E-state index is -1.08. The van der Waals surface area contributed by atoms with Gasteiger partial charge in [0.25, 0.3) is 0 Å². The summed E-state index contributed by atoms with van der Waals surface area (Å²) in [5.41, 5.74) is 2.17. The van der Waals surface area contributed by atoms with Crippen molar-refractivity contribution in [3.05, 3.63) is 23.8 Å². The normalized spacial score (nSPS) is 26.8. The van der Waals surface area contributed by atoms with Gasteiger partial charge in [-0.25, -0.2) is 9.18 Å². The van der Waals surface area contributed by atoms with Crippen molar-refractivity contribution in [2.45, 2.75) is 90.3 Å². The smallest absolute Gasteiger partial charge is 0.444 e. The summed E-state index contributed by atoms with van der Waals surface area (Å²) < 4.78 is 32.1. The van der Waals surface area contributed by atoms with Crippen LogP contribution in [0.3, 0.4) is 0 Å². The summed E-state index contributed by atoms with van der Waals surface area (Å²) >= 11 is 0. The molecule has 0 spiro atoms. The molecule has 0 bridgehead atoms. The second-order valence-electron chi connectivity index (χ2n) is 10.7. The molecular formula is C23H32BFN2O4. The molecule has 4 rings (SSSR count). The fraction of sp³-hybridized carbons (Fsp3) is 0.652. The average Bonchev–Trinajstić information content (AvgIpc) is 3.26. The Labute approximate surface area is 184 Å². The number of carbonyl (C=O) groups excluding carboxylic acids is 1. The lowest BCUT2D eigenvalue weighted by molar-refractivity contribution is 0.00578. The highest BCUT2D eigenvalue weighted by Gasteiger charge is 2.52. The van der Waals surface area contributed by atoms with Gasteiger partial charge in [0.15, 0.2) is 0 Å². The lowest BCUT2D eigenvalue weighted by Gasteiger charge is -2.32. The van der Waals surface area contributed by atoms with Crippen LogP contribution in [-0.4, -0.2) is 59.4 Å². The van der Waals surface area contributed by atoms with Gasteiger partial charge in [0.1, 0.15) is 11.8 Å². The minimum absolute atomic E-state index is 0.0358. The van der Waals surface area contributed by atoms with E-state index in [1.165, 1.54) is 4.90 Å². The third kappa shape index (κ3) is 4.24. The summed E-state index contributed by atoms with van der Waals surface area (Å²) in [6.45, 7) is 13.6. The van der Waals surface area contributed by atoms with Crippen LogP contribution in [0.1, 0.15) is 60.5 Å². The number of ether oxygens (including phenoxy) is 1. The summed E-state index contributed by atoms with van der Waals surface area (Å²) in [5.74, 6) is 0. The second-order valence-corrected chi connectivity index (χ2v) is 10.7. The Bertz CT molecular complexity index is 909. The molecule has 0 N–H and O–H groups in total. The molecule has 1 aromatic rings. The first-order valence-electron chi connectivity index (χ1n) is 11.0. The number of amides is 1. The van der Waals surface area contributed by atoms with Crippen LogP contribution in [0, 0.1) is 0 Å². The molecule has 2 fully saturated rings. The van der Waals surface area contributed by atoms with E-state index in [9.17, 15) is 9.18 Å². The van der Waals surface area contributed by atoms with Crippen LogP contribution < -0.4 is 5.46 Å². The lowest BCUT2D eigenvalue weighted by atomic mass is 9.78. The van der Waals surface area contributed by atoms with Gasteiger partial charge in [0, 0.05) is 18.6 Å². The number of likely N-dealkylation sites (tertiary alicyclic amines) is 1. The fourth-order valence-corrected chi connectivity index (χ4v) is 4.19. The number of carbonyl (C=O) groups is 1. The molecule has 0 saturated carbocycles. The largest absolute Gasteiger partial charge is 0.494 e. The summed E-state index contributed by atoms with van der Waals surface area (Å²) in [7, 11) is -0.445. The number of fused-ring (bicyclic) bond motifs is 1. The van der Waals surface area contributed by atoms with Crippen molar-refractivity contribution in [2.75, 3.05) is 6.54 Å². The average molecular weight is 430 g/mol. The summed E-state index contributed by atoms with van der Waals surface area (Å²) in [5, 5.41) is 0. The predicted molar refractivity (Wildman–Crippen MR) is 119 cm³/mol. The van der Waals surface area contributed by atoms with Crippen LogP contribution in [-0.2, 0) is 20.5 Å². The molecule has 168 valence electrons. The predicted octanol–water partition coefficient (Wildman–Crippen LogP) is 3.96. The van der Waals surface area contributed by atoms with Crippen molar-refractivity contribution in [1.29, 1.82) is 0 Å². The summed E-state index contributed by atoms with van der Waals surface area (Å²) in [6, 6.07) is 5.57. The van der Waals surface area contributed by atoms with E-state index < -0.39 is 42.2 Å². The van der Waals surface area contributed by atoms with E-state index in [1.807, 2.05) is 66.7 Å². The molecule has 0 radical (unpaired) electrons. The van der Waals surface area contributed by atoms with Gasteiger partial charge in [-0.3, -0.25) is 9.89 Å². The van der Waals surface area contributed by atoms with Gasteiger partial charge in [-0.2, -0.15) is 0 Å². The van der Waals surface area contributed by atoms with Gasteiger partial charge in [0.05, 0.1) is 29.5 Å². The van der Waals surface area contributed by atoms with E-state index in [4.69, 9.17) is 19.0 Å². The zero-order valence-corrected chi connectivity index (χ0v) is 19.5. The molecule has 6 nitrogen and oxygen atoms in total. The van der Waals surface area contributed by atoms with E-state index in [0.717, 1.165) is 22.4 Å². The molecule has 2 saturated heterocycles. The van der Waals surface area contributed by atoms with Crippen LogP contribution in [0.15, 0.2) is 23.2 Å². The number of halogens is 1. The van der Waals surface area contributed by atoms with Gasteiger partial charge in [0.2, 0.25) is 0 Å². The van der Waals surface area contributed by atoms with E-state index in [-0.39, 0.29) is 13.0 Å². The highest BCUT2D eigenvalue weighted by Crippen LogP contribution is 2.37. The molecule has 0 aliphatic carbocycles. The van der Waals surface area contributed by atoms with Crippen LogP contribution in [0.25, 0.3) is 0 Å². The molecule has 1 aromatic carbocycles. The zero-order valence-electron chi connectivity index (χ0n) is 19.5. The lowest BCUT2D eigenvalue weighted by Crippen LogP contribution is -2.43. The number of hydrogen-bond donors (Lipinski definition) is 0. The third-order valence-electron chi connectivity index (χ3n) is 6.53. The Hall–Kier alpha value is -1.93. The maximum atomic E-state index is 14.3. The van der Waals surface area contributed by atoms with Gasteiger partial charge in [-0.1, -0.05) is 12.1 Å². The third-order valence-corrected chi connectivity index (χ3v) is 6.53. The molecule has 3 aliphatic heterocycles. The first-order valence-corrected chi connectivity index (χ1v) is 11.0. The molecule has 3 aliphatic rings. The SMILES string of the molecule is CC(C)(C)OC(=O)N1C[C@@H](F)C[C@H]1C1=Nc2ccc(B3OC(C)(C)C(C)(C)O3)cc2C1. The summed E-state index contributed by atoms with van der Waals surface area (Å²) in [6.07, 6.45) is -0.756. The Morgan fingerprint density at radius 3 is 2.48 bits per heavy atom. The first kappa shape index (κ1) is 22.3. The Kier molecular flexibility index (Phi) is 5.25. The van der Waals surface area contributed by atoms with Crippen LogP contribution in [0.2, 0.25) is 0 Å². The molecule has 31 heavy (non-hydrogen) atoms. The van der Waals surface area contributed by atoms with E-state index in [2.05, 4.69) is 0 Å². The second kappa shape index (κ2) is 7.31. The van der Waals surface area contributed by atoms with Crippen molar-refractivity contribution in [3.8, 4) is 0 Å². The van der Waals surface area contributed by atoms with Crippen molar-refractivity contribution in [2.24, 2.45) is 4.99 Å². The van der Waals surface area contributed by atoms with Gasteiger partial charge in [-0.15, -0.1) is 0 Å². The number of hydrogen-bond acceptors (Lipinski definition) is 5. The standard InChI is InChI=1S/C23H32BFN2O4/c1-21(2,3)29-20(28)27-13-16(25)12-19(27)18-11-14-10-15(8-9-17(14)26-18)24-30-22(4,5)23(6,7)31-24/h8-10,16,19H,11-13H2,1-7H3/t16-,19-/m0/s1. The summed E-state index contributed by atoms with van der Waals surface area (Å²) in [4.78, 5) is 18.9. The molecule has 1 amide bonds. The van der Waals surface area contributed by atoms with Crippen LogP contribution in [0.5, 0.6) is 0 Å². The van der Waals surface area contributed by atoms with Gasteiger partial charge in [-0.05, 0) is 65.6 Å². The van der Waals surface area contributed by atoms with E-state index in [0.29, 0.717) is 6.42 Å². The fourth-order valence-electron chi connectivity index (χ4n) is 4.19. The first-order chi connectivity index (χ1) is 14.3. The van der Waals surface area contributed by atoms with Gasteiger partial charge >= 0.3 is 13.2 Å². The maximum Gasteiger partial charge on any atom is 0.494 e. The molecule has 0 aromatic heterocycles. The Morgan fingerprint density at radius 2 is 1.87 bits per heavy atom. The Morgan fingerprint density at radius 1 is 1.23 bits per heavy atom. The van der Waals surface area contributed by atoms with Crippen LogP contribution in [0.4, 0.5) is 14.9 Å². The maximum absolute atomic E-state index is 14.3. The van der Waals surface area contributed by atoms with E-state index in [1.54, 1.807) is 0 Å². The number of alkyl halides is 1. The van der Waals surface area contributed by atoms with Gasteiger partial charge < -0.3 is 14.0 Å². The van der Waals surface area contributed by atoms with Crippen molar-refractivity contribution < 1.29 is 23.2 Å². The molecule has 2 atom stereocenters. The molecule has 3 heterocycles. The number of rotatable bonds is 2. The number of benzene rings is 1. The monoisotopic (exact) mass is 430 g/mol. The van der Waals surface area contributed by atoms with Crippen molar-refractivity contribution >= 4 is 30.1 Å². The van der Waals surface area contributed by atoms with Crippen molar-refractivity contribution in [1.82, 2.24) is 4.90 Å². The number of aliphatic imine (C=N–C) groups is 1. The van der Waals surface area contributed by atoms with E-state index >= 15 is 0 Å². The van der Waals surface area contributed by atoms with Crippen molar-refractivity contribution in [3.63, 3.8) is 0 Å². The topological polar surface area (TPSA) is 60.4 Å². The Balaban J connectivity index is 1.51. The quantitative estimate of drug-likeness (QED) is 0.667. The molecular weight excluding hydrogens is 398 g/mol. The highest BCUT2D eigenvalue weighted by atomic mass is 19.1.